The molecular weight excluding hydrogens is 316 g/mol. The Bertz CT molecular complexity index is 721. The van der Waals surface area contributed by atoms with E-state index in [-0.39, 0.29) is 12.5 Å². The van der Waals surface area contributed by atoms with E-state index in [9.17, 15) is 4.79 Å². The molecule has 0 spiro atoms. The average molecular weight is 340 g/mol. The standard InChI is InChI=1S/C18H24N6O/c25-18(13-24-14-19-20-21-24)23-9-7-22(8-10-23)12-15-5-6-16-3-1-2-4-17(16)11-15/h5-6,11,14H,1-4,7-10,12-13H2. The Morgan fingerprint density at radius 1 is 1.04 bits per heavy atom. The largest absolute Gasteiger partial charge is 0.339 e. The fraction of sp³-hybridized carbons (Fsp3) is 0.556. The summed E-state index contributed by atoms with van der Waals surface area (Å²) in [7, 11) is 0. The summed E-state index contributed by atoms with van der Waals surface area (Å²) in [5.74, 6) is 0.0840. The lowest BCUT2D eigenvalue weighted by Gasteiger charge is -2.34. The summed E-state index contributed by atoms with van der Waals surface area (Å²) >= 11 is 0. The normalized spacial score (nSPS) is 18.2. The maximum atomic E-state index is 12.3. The number of hydrogen-bond donors (Lipinski definition) is 0. The monoisotopic (exact) mass is 340 g/mol. The van der Waals surface area contributed by atoms with Crippen molar-refractivity contribution in [3.05, 3.63) is 41.2 Å². The molecule has 1 aromatic heterocycles. The fourth-order valence-electron chi connectivity index (χ4n) is 3.79. The van der Waals surface area contributed by atoms with Gasteiger partial charge in [0.25, 0.3) is 0 Å². The highest BCUT2D eigenvalue weighted by atomic mass is 16.2. The van der Waals surface area contributed by atoms with Crippen molar-refractivity contribution in [1.29, 1.82) is 0 Å². The van der Waals surface area contributed by atoms with Crippen molar-refractivity contribution in [2.75, 3.05) is 26.2 Å². The van der Waals surface area contributed by atoms with Crippen molar-refractivity contribution in [3.63, 3.8) is 0 Å². The van der Waals surface area contributed by atoms with E-state index in [1.54, 1.807) is 5.56 Å². The Kier molecular flexibility index (Phi) is 4.74. The van der Waals surface area contributed by atoms with E-state index in [0.29, 0.717) is 0 Å². The number of carbonyl (C=O) groups excluding carboxylic acids is 1. The van der Waals surface area contributed by atoms with Crippen LogP contribution in [0.3, 0.4) is 0 Å². The quantitative estimate of drug-likeness (QED) is 0.827. The summed E-state index contributed by atoms with van der Waals surface area (Å²) in [4.78, 5) is 16.6. The first-order chi connectivity index (χ1) is 12.3. The number of amides is 1. The minimum absolute atomic E-state index is 0.0840. The van der Waals surface area contributed by atoms with E-state index in [2.05, 4.69) is 38.6 Å². The second kappa shape index (κ2) is 7.31. The lowest BCUT2D eigenvalue weighted by atomic mass is 9.90. The van der Waals surface area contributed by atoms with Crippen molar-refractivity contribution in [1.82, 2.24) is 30.0 Å². The highest BCUT2D eigenvalue weighted by molar-refractivity contribution is 5.75. The molecule has 132 valence electrons. The van der Waals surface area contributed by atoms with Gasteiger partial charge in [0.15, 0.2) is 0 Å². The van der Waals surface area contributed by atoms with Crippen molar-refractivity contribution in [2.24, 2.45) is 0 Å². The van der Waals surface area contributed by atoms with Gasteiger partial charge in [-0.25, -0.2) is 4.68 Å². The van der Waals surface area contributed by atoms with Gasteiger partial charge in [0.05, 0.1) is 0 Å². The minimum atomic E-state index is 0.0840. The first-order valence-corrected chi connectivity index (χ1v) is 9.09. The summed E-state index contributed by atoms with van der Waals surface area (Å²) in [5, 5.41) is 10.9. The van der Waals surface area contributed by atoms with Gasteiger partial charge < -0.3 is 4.90 Å². The number of aryl methyl sites for hydroxylation is 2. The fourth-order valence-corrected chi connectivity index (χ4v) is 3.79. The van der Waals surface area contributed by atoms with Gasteiger partial charge in [-0.1, -0.05) is 18.2 Å². The minimum Gasteiger partial charge on any atom is -0.339 e. The highest BCUT2D eigenvalue weighted by Gasteiger charge is 2.22. The van der Waals surface area contributed by atoms with Crippen LogP contribution in [-0.2, 0) is 30.7 Å². The van der Waals surface area contributed by atoms with Crippen LogP contribution in [0.15, 0.2) is 24.5 Å². The third-order valence-electron chi connectivity index (χ3n) is 5.23. The molecule has 1 saturated heterocycles. The molecule has 2 aliphatic rings. The summed E-state index contributed by atoms with van der Waals surface area (Å²) in [6.45, 7) is 4.56. The Hall–Kier alpha value is -2.28. The number of rotatable bonds is 4. The molecule has 1 fully saturated rings. The Morgan fingerprint density at radius 2 is 1.84 bits per heavy atom. The van der Waals surface area contributed by atoms with E-state index < -0.39 is 0 Å². The van der Waals surface area contributed by atoms with Crippen LogP contribution in [0.5, 0.6) is 0 Å². The predicted molar refractivity (Wildman–Crippen MR) is 92.8 cm³/mol. The number of hydrogen-bond acceptors (Lipinski definition) is 5. The molecule has 0 saturated carbocycles. The molecule has 0 unspecified atom stereocenters. The Labute approximate surface area is 147 Å². The molecule has 2 heterocycles. The third-order valence-corrected chi connectivity index (χ3v) is 5.23. The van der Waals surface area contributed by atoms with E-state index >= 15 is 0 Å². The van der Waals surface area contributed by atoms with Crippen LogP contribution < -0.4 is 0 Å². The third kappa shape index (κ3) is 3.87. The maximum absolute atomic E-state index is 12.3. The average Bonchev–Trinajstić information content (AvgIpc) is 3.15. The topological polar surface area (TPSA) is 67.2 Å². The van der Waals surface area contributed by atoms with Crippen LogP contribution in [0.1, 0.15) is 29.5 Å². The second-order valence-corrected chi connectivity index (χ2v) is 6.97. The summed E-state index contributed by atoms with van der Waals surface area (Å²) in [5.41, 5.74) is 4.47. The van der Waals surface area contributed by atoms with E-state index in [1.165, 1.54) is 47.8 Å². The Balaban J connectivity index is 1.29. The van der Waals surface area contributed by atoms with Crippen LogP contribution in [0.25, 0.3) is 0 Å². The number of fused-ring (bicyclic) bond motifs is 1. The zero-order valence-corrected chi connectivity index (χ0v) is 14.5. The molecule has 25 heavy (non-hydrogen) atoms. The van der Waals surface area contributed by atoms with Gasteiger partial charge in [-0.3, -0.25) is 9.69 Å². The molecule has 1 aromatic carbocycles. The van der Waals surface area contributed by atoms with Crippen molar-refractivity contribution in [3.8, 4) is 0 Å². The van der Waals surface area contributed by atoms with Crippen LogP contribution in [-0.4, -0.2) is 62.1 Å². The predicted octanol–water partition coefficient (Wildman–Crippen LogP) is 0.896. The number of tetrazole rings is 1. The lowest BCUT2D eigenvalue weighted by molar-refractivity contribution is -0.133. The van der Waals surface area contributed by atoms with E-state index in [1.807, 2.05) is 4.90 Å². The molecule has 1 aliphatic carbocycles. The maximum Gasteiger partial charge on any atom is 0.244 e. The number of nitrogens with zero attached hydrogens (tertiary/aromatic N) is 6. The van der Waals surface area contributed by atoms with Crippen LogP contribution in [0.4, 0.5) is 0 Å². The van der Waals surface area contributed by atoms with Crippen molar-refractivity contribution < 1.29 is 4.79 Å². The van der Waals surface area contributed by atoms with Gasteiger partial charge in [-0.15, -0.1) is 5.10 Å². The highest BCUT2D eigenvalue weighted by Crippen LogP contribution is 2.23. The van der Waals surface area contributed by atoms with E-state index in [4.69, 9.17) is 0 Å². The van der Waals surface area contributed by atoms with Gasteiger partial charge in [-0.2, -0.15) is 0 Å². The number of aromatic nitrogens is 4. The number of carbonyl (C=O) groups is 1. The van der Waals surface area contributed by atoms with Gasteiger partial charge in [0.1, 0.15) is 12.9 Å². The lowest BCUT2D eigenvalue weighted by Crippen LogP contribution is -2.49. The number of benzene rings is 1. The second-order valence-electron chi connectivity index (χ2n) is 6.97. The van der Waals surface area contributed by atoms with Gasteiger partial charge >= 0.3 is 0 Å². The molecule has 7 nitrogen and oxygen atoms in total. The van der Waals surface area contributed by atoms with Gasteiger partial charge in [0, 0.05) is 32.7 Å². The molecule has 1 aliphatic heterocycles. The molecule has 0 bridgehead atoms. The summed E-state index contributed by atoms with van der Waals surface area (Å²) in [6, 6.07) is 6.99. The molecule has 4 rings (SSSR count). The molecule has 0 N–H and O–H groups in total. The van der Waals surface area contributed by atoms with Crippen LogP contribution in [0.2, 0.25) is 0 Å². The van der Waals surface area contributed by atoms with Crippen molar-refractivity contribution in [2.45, 2.75) is 38.8 Å². The first-order valence-electron chi connectivity index (χ1n) is 9.09. The van der Waals surface area contributed by atoms with E-state index in [0.717, 1.165) is 32.7 Å². The van der Waals surface area contributed by atoms with Crippen molar-refractivity contribution >= 4 is 5.91 Å². The molecular formula is C18H24N6O. The van der Waals surface area contributed by atoms with Gasteiger partial charge in [-0.05, 0) is 52.8 Å². The van der Waals surface area contributed by atoms with Crippen LogP contribution >= 0.6 is 0 Å². The first kappa shape index (κ1) is 16.2. The molecule has 1 amide bonds. The summed E-state index contributed by atoms with van der Waals surface area (Å²) in [6.07, 6.45) is 6.58. The zero-order valence-electron chi connectivity index (χ0n) is 14.5. The smallest absolute Gasteiger partial charge is 0.244 e. The Morgan fingerprint density at radius 3 is 2.60 bits per heavy atom. The van der Waals surface area contributed by atoms with Gasteiger partial charge in [0.2, 0.25) is 5.91 Å². The molecule has 7 heteroatoms. The zero-order chi connectivity index (χ0) is 17.1. The number of piperazine rings is 1. The molecule has 2 aromatic rings. The summed E-state index contributed by atoms with van der Waals surface area (Å²) < 4.78 is 1.47. The SMILES string of the molecule is O=C(Cn1cnnn1)N1CCN(Cc2ccc3c(c2)CCCC3)CC1. The molecule has 0 radical (unpaired) electrons. The molecule has 0 atom stereocenters. The van der Waals surface area contributed by atoms with Crippen LogP contribution in [0, 0.1) is 0 Å².